The highest BCUT2D eigenvalue weighted by Gasteiger charge is 2.53. The second kappa shape index (κ2) is 14.7. The molecule has 0 aliphatic carbocycles. The Morgan fingerprint density at radius 1 is 1.31 bits per heavy atom. The number of carboxylic acids is 1. The molecule has 0 unspecified atom stereocenters. The molecule has 0 saturated carbocycles. The number of hydrogen-bond donors (Lipinski definition) is 3. The maximum Gasteiger partial charge on any atom is 0.352 e. The van der Waals surface area contributed by atoms with Gasteiger partial charge in [-0.2, -0.15) is 0 Å². The minimum atomic E-state index is -1.13. The lowest BCUT2D eigenvalue weighted by molar-refractivity contribution is -0.884. The number of halogens is 2. The van der Waals surface area contributed by atoms with E-state index in [2.05, 4.69) is 29.7 Å². The van der Waals surface area contributed by atoms with Gasteiger partial charge in [0, 0.05) is 18.7 Å². The Kier molecular flexibility index (Phi) is 12.6. The smallest absolute Gasteiger partial charge is 0.352 e. The molecule has 0 spiro atoms. The van der Waals surface area contributed by atoms with Gasteiger partial charge >= 0.3 is 5.97 Å². The molecule has 1 aromatic carbocycles. The maximum atomic E-state index is 12.9. The Hall–Kier alpha value is -1.80. The van der Waals surface area contributed by atoms with Crippen molar-refractivity contribution < 1.29 is 36.4 Å². The molecule has 2 aliphatic rings. The van der Waals surface area contributed by atoms with E-state index in [0.717, 1.165) is 45.1 Å². The Bertz CT molecular complexity index is 1220. The SMILES string of the molecule is CNCCC[N+](C)(C)C/C=C/C1=C(C(=O)O)N2C(=O)[C@@H](NC(=O)CSc3nc4ccccc4s3)[C@H]2SC1.Cl.[Cl-]. The number of hydrogen-bond acceptors (Lipinski definition) is 8. The van der Waals surface area contributed by atoms with Crippen LogP contribution < -0.4 is 23.0 Å². The Balaban J connectivity index is 0.00000267. The molecule has 4 rings (SSSR count). The van der Waals surface area contributed by atoms with Crippen molar-refractivity contribution in [3.05, 3.63) is 47.7 Å². The van der Waals surface area contributed by atoms with Crippen molar-refractivity contribution in [2.24, 2.45) is 0 Å². The third-order valence-electron chi connectivity index (χ3n) is 6.23. The molecule has 3 heterocycles. The molecule has 2 atom stereocenters. The van der Waals surface area contributed by atoms with Gasteiger partial charge in [-0.25, -0.2) is 9.78 Å². The summed E-state index contributed by atoms with van der Waals surface area (Å²) < 4.78 is 2.64. The van der Waals surface area contributed by atoms with Crippen LogP contribution in [0.2, 0.25) is 0 Å². The Morgan fingerprint density at radius 2 is 2.05 bits per heavy atom. The predicted molar refractivity (Wildman–Crippen MR) is 157 cm³/mol. The number of para-hydroxylation sites is 1. The number of thioether (sulfide) groups is 2. The van der Waals surface area contributed by atoms with Crippen molar-refractivity contribution in [3.8, 4) is 0 Å². The topological polar surface area (TPSA) is 112 Å². The van der Waals surface area contributed by atoms with Gasteiger partial charge in [0.05, 0.1) is 43.2 Å². The fraction of sp³-hybridized carbons (Fsp3) is 0.440. The van der Waals surface area contributed by atoms with E-state index >= 15 is 0 Å². The van der Waals surface area contributed by atoms with Gasteiger partial charge in [0.2, 0.25) is 5.91 Å². The number of carbonyl (C=O) groups excluding carboxylic acids is 2. The normalized spacial score (nSPS) is 18.8. The second-order valence-corrected chi connectivity index (χ2v) is 12.9. The molecule has 2 amide bonds. The molecular formula is C25H33Cl2N5O4S3. The van der Waals surface area contributed by atoms with Gasteiger partial charge in [-0.15, -0.1) is 35.5 Å². The highest BCUT2D eigenvalue weighted by molar-refractivity contribution is 8.01. The van der Waals surface area contributed by atoms with Gasteiger partial charge < -0.3 is 32.6 Å². The third kappa shape index (κ3) is 8.12. The number of carboxylic acid groups (broad SMARTS) is 1. The van der Waals surface area contributed by atoms with E-state index in [1.165, 1.54) is 39.8 Å². The summed E-state index contributed by atoms with van der Waals surface area (Å²) in [4.78, 5) is 43.4. The van der Waals surface area contributed by atoms with E-state index in [1.54, 1.807) is 0 Å². The molecule has 14 heteroatoms. The highest BCUT2D eigenvalue weighted by atomic mass is 35.5. The monoisotopic (exact) mass is 633 g/mol. The number of fused-ring (bicyclic) bond motifs is 2. The van der Waals surface area contributed by atoms with Gasteiger partial charge in [-0.05, 0) is 30.8 Å². The number of rotatable bonds is 12. The van der Waals surface area contributed by atoms with Gasteiger partial charge in [-0.3, -0.25) is 14.5 Å². The molecule has 2 aromatic rings. The molecular weight excluding hydrogens is 601 g/mol. The summed E-state index contributed by atoms with van der Waals surface area (Å²) in [6, 6.07) is 7.07. The summed E-state index contributed by atoms with van der Waals surface area (Å²) in [7, 11) is 6.21. The number of quaternary nitrogens is 1. The van der Waals surface area contributed by atoms with E-state index in [0.29, 0.717) is 11.3 Å². The molecule has 2 aliphatic heterocycles. The van der Waals surface area contributed by atoms with Crippen LogP contribution in [-0.4, -0.2) is 101 Å². The Labute approximate surface area is 253 Å². The molecule has 1 aromatic heterocycles. The lowest BCUT2D eigenvalue weighted by Crippen LogP contribution is -3.00. The fourth-order valence-electron chi connectivity index (χ4n) is 4.28. The standard InChI is InChI=1S/C25H31N5O4S3.2ClH/c1-26-11-7-13-30(2,3)12-6-8-16-14-35-23-20(22(32)29(23)21(16)24(33)34)28-19(31)15-36-25-27-17-9-4-5-10-18(17)37-25;;/h4-6,8-10,20,23,26H,7,11-15H2,1-3H3,(H-,28,31,33,34);2*1H/b8-6+;;/t20-,23-;;/m1../s1. The Morgan fingerprint density at radius 3 is 2.74 bits per heavy atom. The van der Waals surface area contributed by atoms with Crippen molar-refractivity contribution in [1.29, 1.82) is 0 Å². The van der Waals surface area contributed by atoms with E-state index in [4.69, 9.17) is 0 Å². The van der Waals surface area contributed by atoms with Crippen molar-refractivity contribution in [3.63, 3.8) is 0 Å². The number of aromatic nitrogens is 1. The number of carbonyl (C=O) groups is 3. The minimum Gasteiger partial charge on any atom is -1.00 e. The second-order valence-electron chi connectivity index (χ2n) is 9.57. The predicted octanol–water partition coefficient (Wildman–Crippen LogP) is -0.205. The molecule has 0 bridgehead atoms. The number of thiazole rings is 1. The number of nitrogens with zero attached hydrogens (tertiary/aromatic N) is 3. The van der Waals surface area contributed by atoms with Gasteiger partial charge in [0.15, 0.2) is 4.34 Å². The molecule has 3 N–H and O–H groups in total. The summed E-state index contributed by atoms with van der Waals surface area (Å²) in [5.41, 5.74) is 1.53. The lowest BCUT2D eigenvalue weighted by atomic mass is 10.0. The molecule has 1 saturated heterocycles. The van der Waals surface area contributed by atoms with Crippen LogP contribution in [0.3, 0.4) is 0 Å². The molecule has 1 fully saturated rings. The number of aliphatic carboxylic acids is 1. The van der Waals surface area contributed by atoms with Crippen LogP contribution in [0.1, 0.15) is 6.42 Å². The average molecular weight is 635 g/mol. The summed E-state index contributed by atoms with van der Waals surface area (Å²) in [6.07, 6.45) is 4.87. The number of nitrogens with one attached hydrogen (secondary N) is 2. The first-order chi connectivity index (χ1) is 17.7. The van der Waals surface area contributed by atoms with E-state index in [9.17, 15) is 19.5 Å². The molecule has 9 nitrogen and oxygen atoms in total. The van der Waals surface area contributed by atoms with Gasteiger partial charge in [-0.1, -0.05) is 30.0 Å². The fourth-order valence-corrected chi connectivity index (χ4v) is 7.48. The lowest BCUT2D eigenvalue weighted by Gasteiger charge is -2.49. The van der Waals surface area contributed by atoms with Crippen molar-refractivity contribution in [2.75, 3.05) is 52.3 Å². The van der Waals surface area contributed by atoms with Crippen LogP contribution in [0.4, 0.5) is 0 Å². The van der Waals surface area contributed by atoms with Crippen molar-refractivity contribution >= 4 is 75.3 Å². The van der Waals surface area contributed by atoms with Crippen LogP contribution in [-0.2, 0) is 14.4 Å². The van der Waals surface area contributed by atoms with Crippen LogP contribution in [0, 0.1) is 0 Å². The highest BCUT2D eigenvalue weighted by Crippen LogP contribution is 2.40. The number of benzene rings is 1. The first-order valence-electron chi connectivity index (χ1n) is 12.0. The largest absolute Gasteiger partial charge is 1.00 e. The molecule has 0 radical (unpaired) electrons. The van der Waals surface area contributed by atoms with Gasteiger partial charge in [0.25, 0.3) is 5.91 Å². The van der Waals surface area contributed by atoms with E-state index < -0.39 is 17.4 Å². The summed E-state index contributed by atoms with van der Waals surface area (Å²) in [6.45, 7) is 2.70. The van der Waals surface area contributed by atoms with E-state index in [1.807, 2.05) is 43.5 Å². The first kappa shape index (κ1) is 33.4. The molecule has 214 valence electrons. The van der Waals surface area contributed by atoms with Crippen LogP contribution >= 0.6 is 47.3 Å². The first-order valence-corrected chi connectivity index (χ1v) is 14.9. The van der Waals surface area contributed by atoms with Crippen molar-refractivity contribution in [1.82, 2.24) is 20.5 Å². The summed E-state index contributed by atoms with van der Waals surface area (Å²) >= 11 is 4.33. The van der Waals surface area contributed by atoms with Crippen LogP contribution in [0.25, 0.3) is 10.2 Å². The summed E-state index contributed by atoms with van der Waals surface area (Å²) in [5, 5.41) is 15.4. The van der Waals surface area contributed by atoms with Crippen LogP contribution in [0.5, 0.6) is 0 Å². The number of likely N-dealkylation sites (N-methyl/N-ethyl adjacent to an activating group) is 1. The number of β-lactam (4-membered cyclic amide) rings is 1. The van der Waals surface area contributed by atoms with E-state index in [-0.39, 0.29) is 48.1 Å². The third-order valence-corrected chi connectivity index (χ3v) is 9.71. The maximum absolute atomic E-state index is 12.9. The van der Waals surface area contributed by atoms with Gasteiger partial charge in [0.1, 0.15) is 17.1 Å². The van der Waals surface area contributed by atoms with Crippen molar-refractivity contribution in [2.45, 2.75) is 22.2 Å². The molecule has 39 heavy (non-hydrogen) atoms. The zero-order valence-electron chi connectivity index (χ0n) is 21.9. The summed E-state index contributed by atoms with van der Waals surface area (Å²) in [5.74, 6) is -1.18. The average Bonchev–Trinajstić information content (AvgIpc) is 3.28. The number of amides is 2. The van der Waals surface area contributed by atoms with Crippen LogP contribution in [0.15, 0.2) is 52.0 Å². The minimum absolute atomic E-state index is 0. The number of allylic oxidation sites excluding steroid dienone is 1. The quantitative estimate of drug-likeness (QED) is 0.128. The zero-order valence-corrected chi connectivity index (χ0v) is 25.9. The zero-order chi connectivity index (χ0) is 26.6.